The maximum Gasteiger partial charge on any atom is 0.137 e. The van der Waals surface area contributed by atoms with Crippen LogP contribution in [0.1, 0.15) is 0 Å². The number of furan rings is 1. The van der Waals surface area contributed by atoms with Crippen molar-refractivity contribution in [2.75, 3.05) is 0 Å². The van der Waals surface area contributed by atoms with Crippen molar-refractivity contribution >= 4 is 153 Å². The van der Waals surface area contributed by atoms with Crippen LogP contribution >= 0.6 is 15.9 Å². The lowest BCUT2D eigenvalue weighted by atomic mass is 9.65. The molecule has 0 amide bonds. The first kappa shape index (κ1) is 21.9. The third-order valence-electron chi connectivity index (χ3n) is 6.47. The highest BCUT2D eigenvalue weighted by atomic mass is 79.9. The van der Waals surface area contributed by atoms with Gasteiger partial charge in [0.05, 0.1) is 0 Å². The van der Waals surface area contributed by atoms with Crippen LogP contribution in [-0.4, -0.2) is 59.5 Å². The van der Waals surface area contributed by atoms with E-state index in [4.69, 9.17) is 59.3 Å². The van der Waals surface area contributed by atoms with Crippen LogP contribution in [0.5, 0.6) is 0 Å². The molecule has 0 saturated carbocycles. The van der Waals surface area contributed by atoms with Crippen molar-refractivity contribution in [3.05, 3.63) is 46.9 Å². The van der Waals surface area contributed by atoms with Gasteiger partial charge in [-0.05, 0) is 23.6 Å². The number of nitrogens with zero attached hydrogens (tertiary/aromatic N) is 1. The van der Waals surface area contributed by atoms with Gasteiger partial charge in [-0.2, -0.15) is 0 Å². The maximum absolute atomic E-state index is 6.54. The van der Waals surface area contributed by atoms with E-state index in [0.717, 1.165) is 22.0 Å². The average molecular weight is 481 g/mol. The van der Waals surface area contributed by atoms with E-state index in [1.807, 2.05) is 47.0 Å². The minimum Gasteiger partial charge on any atom is -0.456 e. The summed E-state index contributed by atoms with van der Waals surface area (Å²) >= 11 is 3.45. The van der Waals surface area contributed by atoms with Crippen LogP contribution < -0.4 is 38.2 Å². The highest BCUT2D eigenvalue weighted by Crippen LogP contribution is 2.33. The van der Waals surface area contributed by atoms with Crippen molar-refractivity contribution in [2.45, 2.75) is 0 Å². The first-order valence-corrected chi connectivity index (χ1v) is 11.1. The van der Waals surface area contributed by atoms with Crippen molar-refractivity contribution < 1.29 is 4.42 Å². The van der Waals surface area contributed by atoms with Crippen molar-refractivity contribution in [3.63, 3.8) is 0 Å². The molecule has 6 rings (SSSR count). The molecule has 0 aliphatic heterocycles. The fraction of sp³-hybridized carbons (Fsp3) is 0. The molecule has 34 heavy (non-hydrogen) atoms. The van der Waals surface area contributed by atoms with Crippen LogP contribution in [0.4, 0.5) is 0 Å². The molecule has 6 aromatic rings. The predicted molar refractivity (Wildman–Crippen MR) is 153 cm³/mol. The second-order valence-electron chi connectivity index (χ2n) is 8.27. The Bertz CT molecular complexity index is 1780. The lowest BCUT2D eigenvalue weighted by Gasteiger charge is -2.17. The van der Waals surface area contributed by atoms with Gasteiger partial charge in [-0.25, -0.2) is 0 Å². The zero-order chi connectivity index (χ0) is 24.0. The van der Waals surface area contributed by atoms with Crippen molar-refractivity contribution in [1.29, 1.82) is 0 Å². The monoisotopic (exact) mass is 481 g/mol. The zero-order valence-electron chi connectivity index (χ0n) is 17.8. The summed E-state index contributed by atoms with van der Waals surface area (Å²) in [5.41, 5.74) is 5.15. The van der Waals surface area contributed by atoms with Gasteiger partial charge in [0, 0.05) is 43.4 Å². The molecule has 0 fully saturated rings. The summed E-state index contributed by atoms with van der Waals surface area (Å²) in [5, 5.41) is 3.12. The Kier molecular flexibility index (Phi) is 4.80. The van der Waals surface area contributed by atoms with Crippen molar-refractivity contribution in [2.24, 2.45) is 0 Å². The van der Waals surface area contributed by atoms with Crippen LogP contribution in [0.25, 0.3) is 49.4 Å². The van der Waals surface area contributed by atoms with Crippen LogP contribution in [0.15, 0.2) is 51.4 Å². The SMILES string of the molecule is [B]c1c([B])c([B])c2c(c1[B])c1c([B])c(Br)c([B])c([B])c1n2-c1ccc2c(c1)oc1ccccc12. The van der Waals surface area contributed by atoms with Crippen molar-refractivity contribution in [1.82, 2.24) is 4.57 Å². The Hall–Kier alpha value is -2.59. The fourth-order valence-corrected chi connectivity index (χ4v) is 5.18. The molecule has 10 heteroatoms. The van der Waals surface area contributed by atoms with Gasteiger partial charge in [0.1, 0.15) is 66.1 Å². The third-order valence-corrected chi connectivity index (χ3v) is 7.33. The second kappa shape index (κ2) is 7.45. The highest BCUT2D eigenvalue weighted by molar-refractivity contribution is 9.10. The molecule has 4 aromatic carbocycles. The van der Waals surface area contributed by atoms with E-state index in [-0.39, 0.29) is 21.9 Å². The van der Waals surface area contributed by atoms with Gasteiger partial charge >= 0.3 is 0 Å². The van der Waals surface area contributed by atoms with Gasteiger partial charge in [-0.15, -0.1) is 10.9 Å². The Morgan fingerprint density at radius 2 is 1.18 bits per heavy atom. The summed E-state index contributed by atoms with van der Waals surface area (Å²) in [6.45, 7) is 0. The van der Waals surface area contributed by atoms with E-state index >= 15 is 0 Å². The molecular weight excluding hydrogens is 474 g/mol. The number of halogens is 1. The number of benzene rings is 4. The maximum atomic E-state index is 6.54. The van der Waals surface area contributed by atoms with E-state index in [1.54, 1.807) is 0 Å². The third kappa shape index (κ3) is 2.72. The zero-order valence-corrected chi connectivity index (χ0v) is 19.4. The van der Waals surface area contributed by atoms with Crippen LogP contribution in [-0.2, 0) is 0 Å². The molecule has 0 unspecified atom stereocenters. The number of hydrogen-bond donors (Lipinski definition) is 0. The van der Waals surface area contributed by atoms with E-state index in [1.165, 1.54) is 0 Å². The summed E-state index contributed by atoms with van der Waals surface area (Å²) in [7, 11) is 44.8. The summed E-state index contributed by atoms with van der Waals surface area (Å²) in [5.74, 6) is 0. The molecule has 14 radical (unpaired) electrons. The largest absolute Gasteiger partial charge is 0.456 e. The number of aromatic nitrogens is 1. The van der Waals surface area contributed by atoms with E-state index < -0.39 is 0 Å². The molecule has 0 aliphatic rings. The quantitative estimate of drug-likeness (QED) is 0.276. The molecule has 2 nitrogen and oxygen atoms in total. The highest BCUT2D eigenvalue weighted by Gasteiger charge is 2.23. The summed E-state index contributed by atoms with van der Waals surface area (Å²) in [4.78, 5) is 0. The van der Waals surface area contributed by atoms with E-state index in [0.29, 0.717) is 48.2 Å². The lowest BCUT2D eigenvalue weighted by Crippen LogP contribution is -2.48. The fourth-order valence-electron chi connectivity index (χ4n) is 4.77. The molecule has 0 aliphatic carbocycles. The standard InChI is InChI=1S/C24H7B7BrNO/c25-15-13-14-16(26)22(32)19(29)21(31)24(14)33(23(13)20(30)18(28)17(15)27)8-5-6-10-9-3-1-2-4-11(9)34-12(10)7-8/h1-7H. The predicted octanol–water partition coefficient (Wildman–Crippen LogP) is -0.998. The molecule has 2 heterocycles. The molecular formula is C24H7B7BrNO. The van der Waals surface area contributed by atoms with Gasteiger partial charge in [-0.3, -0.25) is 0 Å². The first-order chi connectivity index (χ1) is 16.2. The number of hydrogen-bond acceptors (Lipinski definition) is 1. The topological polar surface area (TPSA) is 18.1 Å². The van der Waals surface area contributed by atoms with Gasteiger partial charge in [0.25, 0.3) is 0 Å². The Morgan fingerprint density at radius 1 is 0.588 bits per heavy atom. The molecule has 2 aromatic heterocycles. The Labute approximate surface area is 213 Å². The van der Waals surface area contributed by atoms with Gasteiger partial charge < -0.3 is 8.98 Å². The van der Waals surface area contributed by atoms with Gasteiger partial charge in [0.2, 0.25) is 0 Å². The summed E-state index contributed by atoms with van der Waals surface area (Å²) in [6.07, 6.45) is 0. The van der Waals surface area contributed by atoms with Gasteiger partial charge in [0.15, 0.2) is 0 Å². The number of para-hydroxylation sites is 1. The molecule has 142 valence electrons. The molecule has 0 N–H and O–H groups in total. The summed E-state index contributed by atoms with van der Waals surface area (Å²) in [6, 6.07) is 13.7. The van der Waals surface area contributed by atoms with Crippen LogP contribution in [0, 0.1) is 0 Å². The first-order valence-electron chi connectivity index (χ1n) is 10.4. The molecule has 0 spiro atoms. The number of rotatable bonds is 1. The van der Waals surface area contributed by atoms with E-state index in [2.05, 4.69) is 15.9 Å². The number of fused-ring (bicyclic) bond motifs is 6. The normalized spacial score (nSPS) is 11.9. The molecule has 0 bridgehead atoms. The molecule has 0 atom stereocenters. The van der Waals surface area contributed by atoms with Crippen molar-refractivity contribution in [3.8, 4) is 5.69 Å². The second-order valence-corrected chi connectivity index (χ2v) is 9.06. The minimum atomic E-state index is 0.183. The lowest BCUT2D eigenvalue weighted by molar-refractivity contribution is 0.668. The van der Waals surface area contributed by atoms with Crippen LogP contribution in [0.2, 0.25) is 0 Å². The van der Waals surface area contributed by atoms with Crippen LogP contribution in [0.3, 0.4) is 0 Å². The smallest absolute Gasteiger partial charge is 0.137 e. The summed E-state index contributed by atoms with van der Waals surface area (Å²) < 4.78 is 8.43. The minimum absolute atomic E-state index is 0.183. The Balaban J connectivity index is 1.87. The molecule has 0 saturated heterocycles. The van der Waals surface area contributed by atoms with E-state index in [9.17, 15) is 0 Å². The Morgan fingerprint density at radius 3 is 1.91 bits per heavy atom. The average Bonchev–Trinajstić information content (AvgIpc) is 3.39. The van der Waals surface area contributed by atoms with Gasteiger partial charge in [-0.1, -0.05) is 61.4 Å².